The predicted octanol–water partition coefficient (Wildman–Crippen LogP) is 15.5. The molecule has 0 bridgehead atoms. The predicted molar refractivity (Wildman–Crippen MR) is 237 cm³/mol. The summed E-state index contributed by atoms with van der Waals surface area (Å²) >= 11 is 1.89. The SMILES string of the molecule is CC1(C)c2ccccc2-c2cc(N(c3ccc(-c4ccc5sc6c7ccccc7ccc6c5c4)cc3)c3ccc(-c4cccc5ccccc45)cc3)ccc21. The van der Waals surface area contributed by atoms with Gasteiger partial charge in [-0.05, 0) is 115 Å². The maximum Gasteiger partial charge on any atom is 0.0468 e. The van der Waals surface area contributed by atoms with Gasteiger partial charge in [-0.15, -0.1) is 11.3 Å². The van der Waals surface area contributed by atoms with E-state index in [9.17, 15) is 0 Å². The summed E-state index contributed by atoms with van der Waals surface area (Å²) in [6.07, 6.45) is 0. The van der Waals surface area contributed by atoms with E-state index in [1.807, 2.05) is 11.3 Å². The van der Waals surface area contributed by atoms with Gasteiger partial charge in [0.2, 0.25) is 0 Å². The minimum absolute atomic E-state index is 0.0426. The summed E-state index contributed by atoms with van der Waals surface area (Å²) in [4.78, 5) is 2.41. The van der Waals surface area contributed by atoms with E-state index < -0.39 is 0 Å². The van der Waals surface area contributed by atoms with Crippen LogP contribution in [0.2, 0.25) is 0 Å². The smallest absolute Gasteiger partial charge is 0.0468 e. The minimum atomic E-state index is -0.0426. The Hall–Kier alpha value is -6.48. The number of benzene rings is 9. The zero-order valence-electron chi connectivity index (χ0n) is 30.8. The summed E-state index contributed by atoms with van der Waals surface area (Å²) in [5.41, 5.74) is 13.7. The van der Waals surface area contributed by atoms with Crippen LogP contribution in [0.1, 0.15) is 25.0 Å². The Kier molecular flexibility index (Phi) is 7.14. The lowest BCUT2D eigenvalue weighted by Crippen LogP contribution is -2.15. The average molecular weight is 720 g/mol. The summed E-state index contributed by atoms with van der Waals surface area (Å²) < 4.78 is 2.69. The maximum atomic E-state index is 2.41. The monoisotopic (exact) mass is 719 g/mol. The van der Waals surface area contributed by atoms with Gasteiger partial charge in [0.05, 0.1) is 0 Å². The highest BCUT2D eigenvalue weighted by molar-refractivity contribution is 7.26. The molecule has 9 aromatic carbocycles. The summed E-state index contributed by atoms with van der Waals surface area (Å²) in [6, 6.07) is 69.6. The largest absolute Gasteiger partial charge is 0.310 e. The molecule has 11 rings (SSSR count). The molecule has 0 saturated heterocycles. The van der Waals surface area contributed by atoms with Crippen molar-refractivity contribution in [1.82, 2.24) is 0 Å². The van der Waals surface area contributed by atoms with Gasteiger partial charge in [-0.2, -0.15) is 0 Å². The Bertz CT molecular complexity index is 3110. The van der Waals surface area contributed by atoms with Gasteiger partial charge < -0.3 is 4.90 Å². The van der Waals surface area contributed by atoms with Crippen molar-refractivity contribution in [2.24, 2.45) is 0 Å². The minimum Gasteiger partial charge on any atom is -0.310 e. The molecule has 1 heterocycles. The highest BCUT2D eigenvalue weighted by Crippen LogP contribution is 2.51. The summed E-state index contributed by atoms with van der Waals surface area (Å²) in [6.45, 7) is 4.69. The second-order valence-corrected chi connectivity index (χ2v) is 16.4. The van der Waals surface area contributed by atoms with E-state index in [0.717, 1.165) is 17.1 Å². The van der Waals surface area contributed by atoms with E-state index in [2.05, 4.69) is 207 Å². The lowest BCUT2D eigenvalue weighted by molar-refractivity contribution is 0.660. The van der Waals surface area contributed by atoms with E-state index in [1.165, 1.54) is 86.2 Å². The van der Waals surface area contributed by atoms with Gasteiger partial charge in [0.25, 0.3) is 0 Å². The van der Waals surface area contributed by atoms with Crippen LogP contribution in [0, 0.1) is 0 Å². The van der Waals surface area contributed by atoms with E-state index in [-0.39, 0.29) is 5.41 Å². The number of rotatable bonds is 5. The topological polar surface area (TPSA) is 3.24 Å². The summed E-state index contributed by atoms with van der Waals surface area (Å²) in [7, 11) is 0. The Morgan fingerprint density at radius 1 is 0.382 bits per heavy atom. The van der Waals surface area contributed by atoms with Crippen LogP contribution in [-0.4, -0.2) is 0 Å². The van der Waals surface area contributed by atoms with E-state index >= 15 is 0 Å². The summed E-state index contributed by atoms with van der Waals surface area (Å²) in [5.74, 6) is 0. The molecule has 1 nitrogen and oxygen atoms in total. The van der Waals surface area contributed by atoms with E-state index in [0.29, 0.717) is 0 Å². The Balaban J connectivity index is 1.02. The van der Waals surface area contributed by atoms with Crippen LogP contribution >= 0.6 is 11.3 Å². The molecule has 1 aliphatic rings. The van der Waals surface area contributed by atoms with Gasteiger partial charge in [0.15, 0.2) is 0 Å². The fourth-order valence-corrected chi connectivity index (χ4v) is 10.3. The molecular weight excluding hydrogens is 683 g/mol. The van der Waals surface area contributed by atoms with Gasteiger partial charge in [0.1, 0.15) is 0 Å². The molecule has 0 unspecified atom stereocenters. The highest BCUT2D eigenvalue weighted by atomic mass is 32.1. The number of fused-ring (bicyclic) bond motifs is 9. The molecule has 0 spiro atoms. The molecule has 0 radical (unpaired) electrons. The molecule has 2 heteroatoms. The van der Waals surface area contributed by atoms with E-state index in [4.69, 9.17) is 0 Å². The quantitative estimate of drug-likeness (QED) is 0.171. The van der Waals surface area contributed by atoms with Crippen LogP contribution in [0.25, 0.3) is 75.1 Å². The molecule has 1 aromatic heterocycles. The fraction of sp³-hybridized carbons (Fsp3) is 0.0566. The van der Waals surface area contributed by atoms with Gasteiger partial charge in [-0.25, -0.2) is 0 Å². The third-order valence-corrected chi connectivity index (χ3v) is 13.1. The lowest BCUT2D eigenvalue weighted by Gasteiger charge is -2.27. The Labute approximate surface area is 325 Å². The molecule has 260 valence electrons. The first-order valence-corrected chi connectivity index (χ1v) is 19.9. The van der Waals surface area contributed by atoms with Crippen molar-refractivity contribution in [2.45, 2.75) is 19.3 Å². The van der Waals surface area contributed by atoms with Crippen molar-refractivity contribution in [3.8, 4) is 33.4 Å². The van der Waals surface area contributed by atoms with Crippen molar-refractivity contribution in [1.29, 1.82) is 0 Å². The van der Waals surface area contributed by atoms with E-state index in [1.54, 1.807) is 0 Å². The average Bonchev–Trinajstić information content (AvgIpc) is 3.73. The Morgan fingerprint density at radius 3 is 1.78 bits per heavy atom. The molecule has 55 heavy (non-hydrogen) atoms. The zero-order valence-corrected chi connectivity index (χ0v) is 31.6. The number of hydrogen-bond acceptors (Lipinski definition) is 2. The Morgan fingerprint density at radius 2 is 0.982 bits per heavy atom. The third kappa shape index (κ3) is 5.06. The van der Waals surface area contributed by atoms with Crippen LogP contribution in [-0.2, 0) is 5.41 Å². The normalized spacial score (nSPS) is 13.1. The molecule has 0 fully saturated rings. The molecule has 10 aromatic rings. The second kappa shape index (κ2) is 12.3. The van der Waals surface area contributed by atoms with Crippen molar-refractivity contribution in [3.63, 3.8) is 0 Å². The van der Waals surface area contributed by atoms with Crippen LogP contribution in [0.4, 0.5) is 17.1 Å². The first kappa shape index (κ1) is 32.0. The van der Waals surface area contributed by atoms with Gasteiger partial charge in [-0.1, -0.05) is 153 Å². The fourth-order valence-electron chi connectivity index (χ4n) is 9.05. The highest BCUT2D eigenvalue weighted by Gasteiger charge is 2.35. The second-order valence-electron chi connectivity index (χ2n) is 15.3. The molecule has 0 atom stereocenters. The van der Waals surface area contributed by atoms with Crippen LogP contribution in [0.3, 0.4) is 0 Å². The molecular formula is C53H37NS. The maximum absolute atomic E-state index is 2.41. The van der Waals surface area contributed by atoms with Gasteiger partial charge in [-0.3, -0.25) is 0 Å². The number of anilines is 3. The van der Waals surface area contributed by atoms with Crippen LogP contribution in [0.5, 0.6) is 0 Å². The molecule has 0 saturated carbocycles. The van der Waals surface area contributed by atoms with Gasteiger partial charge in [0, 0.05) is 42.6 Å². The van der Waals surface area contributed by atoms with Crippen molar-refractivity contribution in [2.75, 3.05) is 4.90 Å². The van der Waals surface area contributed by atoms with Crippen molar-refractivity contribution < 1.29 is 0 Å². The third-order valence-electron chi connectivity index (χ3n) is 11.9. The number of thiophene rings is 1. The first-order valence-electron chi connectivity index (χ1n) is 19.1. The van der Waals surface area contributed by atoms with Crippen LogP contribution < -0.4 is 4.90 Å². The zero-order chi connectivity index (χ0) is 36.7. The first-order chi connectivity index (χ1) is 27.0. The summed E-state index contributed by atoms with van der Waals surface area (Å²) in [5, 5.41) is 7.80. The number of nitrogens with zero attached hydrogens (tertiary/aromatic N) is 1. The molecule has 0 aliphatic heterocycles. The molecule has 0 N–H and O–H groups in total. The molecule has 0 amide bonds. The van der Waals surface area contributed by atoms with Crippen molar-refractivity contribution >= 4 is 70.1 Å². The van der Waals surface area contributed by atoms with Gasteiger partial charge >= 0.3 is 0 Å². The van der Waals surface area contributed by atoms with Crippen molar-refractivity contribution in [3.05, 3.63) is 199 Å². The standard InChI is InChI=1S/C53H37NS/c1-53(2)49-17-8-7-15-45(49)47-33-41(28-30-50(47)53)54(40-26-20-37(21-27-40)43-16-9-12-35-10-3-5-13-42(35)43)39-24-18-34(19-25-39)38-23-31-51-48(32-38)46-29-22-36-11-4-6-14-44(36)52(46)55-51/h3-33H,1-2H3. The molecule has 1 aliphatic carbocycles. The number of hydrogen-bond donors (Lipinski definition) is 0. The lowest BCUT2D eigenvalue weighted by atomic mass is 9.82. The van der Waals surface area contributed by atoms with Crippen LogP contribution in [0.15, 0.2) is 188 Å².